The summed E-state index contributed by atoms with van der Waals surface area (Å²) in [7, 11) is 0.168. The van der Waals surface area contributed by atoms with Crippen molar-refractivity contribution >= 4 is 49.3 Å². The smallest absolute Gasteiger partial charge is 0.241 e. The van der Waals surface area contributed by atoms with Crippen molar-refractivity contribution in [2.45, 2.75) is 74.0 Å². The molecule has 0 aromatic heterocycles. The van der Waals surface area contributed by atoms with Gasteiger partial charge in [0.15, 0.2) is 11.4 Å². The van der Waals surface area contributed by atoms with E-state index in [9.17, 15) is 33.6 Å². The fourth-order valence-corrected chi connectivity index (χ4v) is 7.96. The molecule has 1 unspecified atom stereocenters. The second kappa shape index (κ2) is 15.0. The van der Waals surface area contributed by atoms with Gasteiger partial charge in [0, 0.05) is 62.4 Å². The van der Waals surface area contributed by atoms with Crippen molar-refractivity contribution in [1.29, 1.82) is 0 Å². The Kier molecular flexibility index (Phi) is 11.7. The summed E-state index contributed by atoms with van der Waals surface area (Å²) < 4.78 is 28.7. The maximum absolute atomic E-state index is 13.0. The highest BCUT2D eigenvalue weighted by molar-refractivity contribution is 8.14. The molecule has 2 saturated heterocycles. The molecule has 2 heterocycles. The summed E-state index contributed by atoms with van der Waals surface area (Å²) in [5.41, 5.74) is 0.951. The molecule has 1 amide bonds. The zero-order valence-electron chi connectivity index (χ0n) is 24.6. The van der Waals surface area contributed by atoms with Gasteiger partial charge in [0.25, 0.3) is 0 Å². The van der Waals surface area contributed by atoms with Crippen LogP contribution in [-0.4, -0.2) is 115 Å². The lowest BCUT2D eigenvalue weighted by atomic mass is 9.94. The number of carbonyl (C=O) groups is 1. The second-order valence-electron chi connectivity index (χ2n) is 11.1. The Morgan fingerprint density at radius 1 is 0.953 bits per heavy atom. The van der Waals surface area contributed by atoms with Gasteiger partial charge in [-0.3, -0.25) is 9.79 Å². The number of carbonyl (C=O) groups excluding carboxylic acids is 1. The van der Waals surface area contributed by atoms with E-state index in [0.29, 0.717) is 61.6 Å². The number of aliphatic imine (C=N–C) groups is 1. The van der Waals surface area contributed by atoms with Crippen LogP contribution in [0.2, 0.25) is 0 Å². The number of nitrogens with one attached hydrogen (secondary N) is 2. The minimum atomic E-state index is -3.68. The summed E-state index contributed by atoms with van der Waals surface area (Å²) in [6.07, 6.45) is -1.56. The molecular weight excluding hydrogens is 594 g/mol. The average molecular weight is 638 g/mol. The number of piperidine rings is 1. The van der Waals surface area contributed by atoms with Crippen molar-refractivity contribution in [1.82, 2.24) is 14.9 Å². The van der Waals surface area contributed by atoms with Gasteiger partial charge in [-0.2, -0.15) is 0 Å². The largest absolute Gasteiger partial charge is 0.388 e. The Morgan fingerprint density at radius 3 is 2.44 bits per heavy atom. The van der Waals surface area contributed by atoms with Crippen molar-refractivity contribution in [3.63, 3.8) is 0 Å². The third-order valence-corrected chi connectivity index (χ3v) is 10.4. The Hall–Kier alpha value is -2.46. The molecule has 2 aromatic carbocycles. The number of unbranched alkanes of at least 4 members (excludes halogenated alkanes) is 3. The van der Waals surface area contributed by atoms with E-state index in [4.69, 9.17) is 0 Å². The number of benzene rings is 2. The number of amides is 1. The first-order valence-electron chi connectivity index (χ1n) is 14.7. The number of anilines is 1. The Morgan fingerprint density at radius 2 is 1.67 bits per heavy atom. The minimum absolute atomic E-state index is 0.0495. The van der Waals surface area contributed by atoms with Crippen LogP contribution < -0.4 is 14.9 Å². The SMILES string of the molecule is CN(C)c1cccc2c(S(=O)(=O)NCCCCCC(=O)NCCCCN=C3SCC4[C@@H](O)[C@H](O)[C@@H](O)[C@@H](O)N34)cccc12. The van der Waals surface area contributed by atoms with Gasteiger partial charge in [-0.05, 0) is 37.8 Å². The van der Waals surface area contributed by atoms with Gasteiger partial charge in [-0.25, -0.2) is 13.1 Å². The molecule has 2 aliphatic rings. The normalized spacial score (nSPS) is 24.8. The predicted molar refractivity (Wildman–Crippen MR) is 169 cm³/mol. The zero-order chi connectivity index (χ0) is 31.1. The zero-order valence-corrected chi connectivity index (χ0v) is 26.2. The van der Waals surface area contributed by atoms with Gasteiger partial charge in [-0.1, -0.05) is 42.4 Å². The van der Waals surface area contributed by atoms with Crippen molar-refractivity contribution < 1.29 is 33.6 Å². The lowest BCUT2D eigenvalue weighted by Gasteiger charge is -2.44. The molecule has 2 fully saturated rings. The monoisotopic (exact) mass is 637 g/mol. The van der Waals surface area contributed by atoms with Gasteiger partial charge >= 0.3 is 0 Å². The molecule has 0 radical (unpaired) electrons. The van der Waals surface area contributed by atoms with Crippen LogP contribution in [0.5, 0.6) is 0 Å². The number of hydrogen-bond donors (Lipinski definition) is 6. The van der Waals surface area contributed by atoms with E-state index in [1.165, 1.54) is 16.7 Å². The molecule has 14 heteroatoms. The van der Waals surface area contributed by atoms with Gasteiger partial charge in [0.05, 0.1) is 10.9 Å². The Labute approximate surface area is 257 Å². The molecule has 12 nitrogen and oxygen atoms in total. The average Bonchev–Trinajstić information content (AvgIpc) is 3.41. The van der Waals surface area contributed by atoms with Crippen molar-refractivity contribution in [2.24, 2.45) is 4.99 Å². The summed E-state index contributed by atoms with van der Waals surface area (Å²) in [4.78, 5) is 20.4. The van der Waals surface area contributed by atoms with Crippen molar-refractivity contribution in [3.05, 3.63) is 36.4 Å². The van der Waals surface area contributed by atoms with E-state index in [0.717, 1.165) is 23.9 Å². The molecule has 238 valence electrons. The fraction of sp³-hybridized carbons (Fsp3) is 0.586. The maximum atomic E-state index is 13.0. The number of nitrogens with zero attached hydrogens (tertiary/aromatic N) is 3. The predicted octanol–water partition coefficient (Wildman–Crippen LogP) is 0.829. The fourth-order valence-electron chi connectivity index (χ4n) is 5.42. The molecule has 6 N–H and O–H groups in total. The number of hydrogen-bond acceptors (Lipinski definition) is 10. The summed E-state index contributed by atoms with van der Waals surface area (Å²) in [5, 5.41) is 45.3. The van der Waals surface area contributed by atoms with Crippen LogP contribution in [0.25, 0.3) is 10.8 Å². The first-order chi connectivity index (χ1) is 20.5. The van der Waals surface area contributed by atoms with Crippen LogP contribution in [0, 0.1) is 0 Å². The number of aliphatic hydroxyl groups excluding tert-OH is 4. The van der Waals surface area contributed by atoms with Gasteiger partial charge in [0.1, 0.15) is 18.3 Å². The summed E-state index contributed by atoms with van der Waals surface area (Å²) in [6, 6.07) is 10.4. The van der Waals surface area contributed by atoms with Crippen LogP contribution in [0.3, 0.4) is 0 Å². The van der Waals surface area contributed by atoms with Crippen molar-refractivity contribution in [2.75, 3.05) is 44.4 Å². The number of aliphatic hydroxyl groups is 4. The summed E-state index contributed by atoms with van der Waals surface area (Å²) in [5.74, 6) is 0.414. The summed E-state index contributed by atoms with van der Waals surface area (Å²) >= 11 is 1.37. The topological polar surface area (TPSA) is 175 Å². The number of amidine groups is 1. The molecule has 0 aliphatic carbocycles. The third kappa shape index (κ3) is 7.98. The van der Waals surface area contributed by atoms with E-state index in [1.807, 2.05) is 43.3 Å². The highest BCUT2D eigenvalue weighted by Crippen LogP contribution is 2.34. The molecule has 5 atom stereocenters. The highest BCUT2D eigenvalue weighted by Gasteiger charge is 2.51. The van der Waals surface area contributed by atoms with Gasteiger partial charge in [-0.15, -0.1) is 0 Å². The molecule has 0 bridgehead atoms. The van der Waals surface area contributed by atoms with Crippen LogP contribution in [0.15, 0.2) is 46.3 Å². The van der Waals surface area contributed by atoms with E-state index in [1.54, 1.807) is 12.1 Å². The Balaban J connectivity index is 1.10. The highest BCUT2D eigenvalue weighted by atomic mass is 32.2. The first-order valence-corrected chi connectivity index (χ1v) is 17.1. The van der Waals surface area contributed by atoms with Crippen LogP contribution in [-0.2, 0) is 14.8 Å². The lowest BCUT2D eigenvalue weighted by Crippen LogP contribution is -2.65. The minimum Gasteiger partial charge on any atom is -0.388 e. The molecule has 2 aromatic rings. The van der Waals surface area contributed by atoms with E-state index in [2.05, 4.69) is 15.0 Å². The molecule has 0 saturated carbocycles. The van der Waals surface area contributed by atoms with Crippen LogP contribution in [0.1, 0.15) is 38.5 Å². The first kappa shape index (κ1) is 33.4. The quantitative estimate of drug-likeness (QED) is 0.163. The molecule has 2 aliphatic heterocycles. The van der Waals surface area contributed by atoms with Gasteiger partial charge in [0.2, 0.25) is 15.9 Å². The molecular formula is C29H43N5O7S2. The van der Waals surface area contributed by atoms with Gasteiger partial charge < -0.3 is 35.5 Å². The van der Waals surface area contributed by atoms with Crippen LogP contribution >= 0.6 is 11.8 Å². The van der Waals surface area contributed by atoms with E-state index >= 15 is 0 Å². The number of sulfonamides is 1. The van der Waals surface area contributed by atoms with E-state index in [-0.39, 0.29) is 10.8 Å². The Bertz CT molecular complexity index is 1390. The molecule has 0 spiro atoms. The molecule has 43 heavy (non-hydrogen) atoms. The van der Waals surface area contributed by atoms with Crippen molar-refractivity contribution in [3.8, 4) is 0 Å². The number of thioether (sulfide) groups is 1. The maximum Gasteiger partial charge on any atom is 0.241 e. The van der Waals surface area contributed by atoms with Crippen LogP contribution in [0.4, 0.5) is 5.69 Å². The standard InChI is InChI=1S/C29H43N5O7S2/c1-33(2)21-12-8-11-20-19(21)10-9-13-23(20)43(40,41)32-17-5-3-4-14-24(35)30-15-6-7-16-31-29-34-22(18-42-29)25(36)26(37)27(38)28(34)39/h8-13,22,25-28,32,36-39H,3-7,14-18H2,1-2H3,(H,30,35)/t22?,25-,26+,27-,28-/m1/s1. The summed E-state index contributed by atoms with van der Waals surface area (Å²) in [6.45, 7) is 1.27. The third-order valence-electron chi connectivity index (χ3n) is 7.80. The number of rotatable bonds is 14. The molecule has 4 rings (SSSR count). The second-order valence-corrected chi connectivity index (χ2v) is 13.8. The number of fused-ring (bicyclic) bond motifs is 2. The lowest BCUT2D eigenvalue weighted by molar-refractivity contribution is -0.190. The van der Waals surface area contributed by atoms with E-state index < -0.39 is 40.6 Å².